The number of aromatic nitrogens is 2. The van der Waals surface area contributed by atoms with Crippen LogP contribution in [0, 0.1) is 0 Å². The second-order valence-electron chi connectivity index (χ2n) is 5.00. The van der Waals surface area contributed by atoms with Crippen LogP contribution in [-0.2, 0) is 11.3 Å². The van der Waals surface area contributed by atoms with Crippen molar-refractivity contribution in [2.75, 3.05) is 0 Å². The molecule has 2 aromatic rings. The van der Waals surface area contributed by atoms with Crippen LogP contribution in [0.15, 0.2) is 18.2 Å². The van der Waals surface area contributed by atoms with Crippen LogP contribution in [0.2, 0.25) is 5.02 Å². The molecule has 1 aromatic heterocycles. The number of fused-ring (bicyclic) bond motifs is 1. The molecule has 1 unspecified atom stereocenters. The largest absolute Gasteiger partial charge is 0.352 e. The van der Waals surface area contributed by atoms with Crippen LogP contribution in [0.4, 0.5) is 0 Å². The first-order valence-electron chi connectivity index (χ1n) is 6.48. The Morgan fingerprint density at radius 1 is 1.40 bits per heavy atom. The molecule has 6 heteroatoms. The molecule has 0 saturated heterocycles. The lowest BCUT2D eigenvalue weighted by Crippen LogP contribution is -2.33. The lowest BCUT2D eigenvalue weighted by atomic mass is 10.3. The van der Waals surface area contributed by atoms with Crippen molar-refractivity contribution in [3.05, 3.63) is 29.0 Å². The van der Waals surface area contributed by atoms with Gasteiger partial charge in [0.05, 0.1) is 21.4 Å². The van der Waals surface area contributed by atoms with Gasteiger partial charge in [0.1, 0.15) is 12.4 Å². The molecule has 1 aromatic carbocycles. The Balaban J connectivity index is 2.48. The Morgan fingerprint density at radius 2 is 2.10 bits per heavy atom. The van der Waals surface area contributed by atoms with Crippen LogP contribution in [0.1, 0.15) is 32.0 Å². The summed E-state index contributed by atoms with van der Waals surface area (Å²) in [4.78, 5) is 16.5. The number of hydrogen-bond acceptors (Lipinski definition) is 2. The van der Waals surface area contributed by atoms with Crippen LogP contribution in [0.3, 0.4) is 0 Å². The summed E-state index contributed by atoms with van der Waals surface area (Å²) in [5, 5.41) is 3.12. The standard InChI is InChI=1S/C14H17Cl2N3O/c1-8(2)17-12(20)7-19-13-10(16)5-4-6-11(13)18-14(19)9(3)15/h4-6,8-9H,7H2,1-3H3,(H,17,20). The zero-order valence-electron chi connectivity index (χ0n) is 11.7. The molecule has 2 rings (SSSR count). The van der Waals surface area contributed by atoms with E-state index >= 15 is 0 Å². The second kappa shape index (κ2) is 6.02. The molecular formula is C14H17Cl2N3O. The van der Waals surface area contributed by atoms with Crippen molar-refractivity contribution in [2.45, 2.75) is 38.7 Å². The number of nitrogens with zero attached hydrogens (tertiary/aromatic N) is 2. The summed E-state index contributed by atoms with van der Waals surface area (Å²) in [5.41, 5.74) is 1.49. The van der Waals surface area contributed by atoms with E-state index in [2.05, 4.69) is 10.3 Å². The van der Waals surface area contributed by atoms with Crippen molar-refractivity contribution in [3.63, 3.8) is 0 Å². The highest BCUT2D eigenvalue weighted by molar-refractivity contribution is 6.35. The maximum Gasteiger partial charge on any atom is 0.240 e. The molecule has 0 saturated carbocycles. The first-order chi connectivity index (χ1) is 9.40. The predicted octanol–water partition coefficient (Wildman–Crippen LogP) is 3.51. The summed E-state index contributed by atoms with van der Waals surface area (Å²) in [7, 11) is 0. The molecule has 0 radical (unpaired) electrons. The number of halogens is 2. The van der Waals surface area contributed by atoms with Gasteiger partial charge in [-0.3, -0.25) is 4.79 Å². The van der Waals surface area contributed by atoms with Gasteiger partial charge in [0.15, 0.2) is 0 Å². The van der Waals surface area contributed by atoms with Crippen molar-refractivity contribution in [1.82, 2.24) is 14.9 Å². The van der Waals surface area contributed by atoms with Gasteiger partial charge in [-0.2, -0.15) is 0 Å². The minimum absolute atomic E-state index is 0.0854. The molecule has 1 amide bonds. The number of nitrogens with one attached hydrogen (secondary N) is 1. The van der Waals surface area contributed by atoms with E-state index in [4.69, 9.17) is 23.2 Å². The molecule has 0 aliphatic rings. The van der Waals surface area contributed by atoms with Crippen molar-refractivity contribution in [2.24, 2.45) is 0 Å². The number of rotatable bonds is 4. The maximum atomic E-state index is 12.0. The van der Waals surface area contributed by atoms with Gasteiger partial charge in [-0.05, 0) is 32.9 Å². The molecule has 0 fully saturated rings. The van der Waals surface area contributed by atoms with Gasteiger partial charge >= 0.3 is 0 Å². The second-order valence-corrected chi connectivity index (χ2v) is 6.06. The smallest absolute Gasteiger partial charge is 0.240 e. The first-order valence-corrected chi connectivity index (χ1v) is 7.29. The normalized spacial score (nSPS) is 12.9. The number of carbonyl (C=O) groups is 1. The van der Waals surface area contributed by atoms with Gasteiger partial charge in [0, 0.05) is 6.04 Å². The fourth-order valence-electron chi connectivity index (χ4n) is 2.13. The molecule has 0 bridgehead atoms. The molecule has 0 aliphatic carbocycles. The van der Waals surface area contributed by atoms with Crippen molar-refractivity contribution in [1.29, 1.82) is 0 Å². The zero-order valence-corrected chi connectivity index (χ0v) is 13.2. The third kappa shape index (κ3) is 3.07. The van der Waals surface area contributed by atoms with Gasteiger partial charge < -0.3 is 9.88 Å². The molecule has 108 valence electrons. The lowest BCUT2D eigenvalue weighted by Gasteiger charge is -2.13. The van der Waals surface area contributed by atoms with Crippen LogP contribution < -0.4 is 5.32 Å². The van der Waals surface area contributed by atoms with E-state index in [-0.39, 0.29) is 23.9 Å². The van der Waals surface area contributed by atoms with Crippen molar-refractivity contribution >= 4 is 40.1 Å². The third-order valence-corrected chi connectivity index (χ3v) is 3.35. The zero-order chi connectivity index (χ0) is 14.9. The van der Waals surface area contributed by atoms with Crippen LogP contribution in [0.5, 0.6) is 0 Å². The van der Waals surface area contributed by atoms with Gasteiger partial charge in [0.25, 0.3) is 0 Å². The highest BCUT2D eigenvalue weighted by atomic mass is 35.5. The number of benzene rings is 1. The molecule has 20 heavy (non-hydrogen) atoms. The third-order valence-electron chi connectivity index (χ3n) is 2.85. The number of alkyl halides is 1. The molecule has 4 nitrogen and oxygen atoms in total. The van der Waals surface area contributed by atoms with E-state index in [1.54, 1.807) is 10.6 Å². The lowest BCUT2D eigenvalue weighted by molar-refractivity contribution is -0.122. The first kappa shape index (κ1) is 15.1. The minimum atomic E-state index is -0.301. The topological polar surface area (TPSA) is 46.9 Å². The highest BCUT2D eigenvalue weighted by Crippen LogP contribution is 2.29. The van der Waals surface area contributed by atoms with E-state index < -0.39 is 0 Å². The average molecular weight is 314 g/mol. The van der Waals surface area contributed by atoms with Gasteiger partial charge in [-0.15, -0.1) is 11.6 Å². The van der Waals surface area contributed by atoms with E-state index in [1.807, 2.05) is 32.9 Å². The van der Waals surface area contributed by atoms with E-state index in [0.717, 1.165) is 11.0 Å². The van der Waals surface area contributed by atoms with Gasteiger partial charge in [-0.1, -0.05) is 17.7 Å². The van der Waals surface area contributed by atoms with Crippen LogP contribution >= 0.6 is 23.2 Å². The Kier molecular flexibility index (Phi) is 4.55. The maximum absolute atomic E-state index is 12.0. The summed E-state index contributed by atoms with van der Waals surface area (Å²) >= 11 is 12.4. The monoisotopic (exact) mass is 313 g/mol. The summed E-state index contributed by atoms with van der Waals surface area (Å²) in [6.07, 6.45) is 0. The summed E-state index contributed by atoms with van der Waals surface area (Å²) in [6, 6.07) is 5.56. The van der Waals surface area contributed by atoms with E-state index in [1.165, 1.54) is 0 Å². The molecule has 0 spiro atoms. The Labute approximate surface area is 128 Å². The Hall–Kier alpha value is -1.26. The molecular weight excluding hydrogens is 297 g/mol. The Morgan fingerprint density at radius 3 is 2.70 bits per heavy atom. The van der Waals surface area contributed by atoms with E-state index in [0.29, 0.717) is 10.8 Å². The van der Waals surface area contributed by atoms with Gasteiger partial charge in [0.2, 0.25) is 5.91 Å². The minimum Gasteiger partial charge on any atom is -0.352 e. The number of amides is 1. The number of para-hydroxylation sites is 1. The quantitative estimate of drug-likeness (QED) is 0.878. The fourth-order valence-corrected chi connectivity index (χ4v) is 2.57. The molecule has 1 N–H and O–H groups in total. The van der Waals surface area contributed by atoms with Crippen molar-refractivity contribution in [3.8, 4) is 0 Å². The van der Waals surface area contributed by atoms with Crippen LogP contribution in [0.25, 0.3) is 11.0 Å². The van der Waals surface area contributed by atoms with Crippen LogP contribution in [-0.4, -0.2) is 21.5 Å². The van der Waals surface area contributed by atoms with E-state index in [9.17, 15) is 4.79 Å². The predicted molar refractivity (Wildman–Crippen MR) is 82.3 cm³/mol. The Bertz CT molecular complexity index is 635. The van der Waals surface area contributed by atoms with Crippen molar-refractivity contribution < 1.29 is 4.79 Å². The average Bonchev–Trinajstić information content (AvgIpc) is 2.68. The summed E-state index contributed by atoms with van der Waals surface area (Å²) < 4.78 is 1.78. The van der Waals surface area contributed by atoms with Gasteiger partial charge in [-0.25, -0.2) is 4.98 Å². The number of hydrogen-bond donors (Lipinski definition) is 1. The number of carbonyl (C=O) groups excluding carboxylic acids is 1. The molecule has 1 heterocycles. The highest BCUT2D eigenvalue weighted by Gasteiger charge is 2.19. The number of imidazole rings is 1. The molecule has 1 atom stereocenters. The summed E-state index contributed by atoms with van der Waals surface area (Å²) in [5.74, 6) is 0.562. The summed E-state index contributed by atoms with van der Waals surface area (Å²) in [6.45, 7) is 5.82. The molecule has 0 aliphatic heterocycles. The SMILES string of the molecule is CC(C)NC(=O)Cn1c(C(C)Cl)nc2cccc(Cl)c21. The fraction of sp³-hybridized carbons (Fsp3) is 0.429.